The predicted octanol–water partition coefficient (Wildman–Crippen LogP) is 3.21. The minimum atomic E-state index is -6.03. The fraction of sp³-hybridized carbons (Fsp3) is 0.500. The van der Waals surface area contributed by atoms with Crippen molar-refractivity contribution in [3.8, 4) is 0 Å². The van der Waals surface area contributed by atoms with Crippen LogP contribution in [0.5, 0.6) is 0 Å². The zero-order valence-electron chi connectivity index (χ0n) is 6.01. The molecule has 13 heavy (non-hydrogen) atoms. The molecule has 0 fully saturated rings. The van der Waals surface area contributed by atoms with Crippen LogP contribution in [0.2, 0.25) is 0 Å². The lowest BCUT2D eigenvalue weighted by Gasteiger charge is -2.26. The lowest BCUT2D eigenvalue weighted by atomic mass is 10.1. The minimum absolute atomic E-state index is 0.112. The summed E-state index contributed by atoms with van der Waals surface area (Å²) in [6.45, 7) is 2.58. The van der Waals surface area contributed by atoms with E-state index in [1.165, 1.54) is 0 Å². The molecule has 0 aromatic heterocycles. The highest BCUT2D eigenvalue weighted by atomic mass is 19.4. The van der Waals surface area contributed by atoms with Gasteiger partial charge in [-0.05, 0) is 13.0 Å². The number of rotatable bonds is 1. The first-order valence-corrected chi connectivity index (χ1v) is 2.85. The molecule has 0 aliphatic carbocycles. The molecule has 0 aliphatic heterocycles. The van der Waals surface area contributed by atoms with Crippen molar-refractivity contribution in [2.75, 3.05) is 0 Å². The maximum atomic E-state index is 12.4. The lowest BCUT2D eigenvalue weighted by Crippen LogP contribution is -2.51. The molecular weight excluding hydrogens is 205 g/mol. The molecular formula is C6H4F7. The van der Waals surface area contributed by atoms with Gasteiger partial charge in [0.25, 0.3) is 0 Å². The Labute approximate surface area is 69.0 Å². The van der Waals surface area contributed by atoms with Gasteiger partial charge in [0, 0.05) is 0 Å². The standard InChI is InChI=1S/C6H4F7/c1-2-3-4(7,5(8,9)10)6(11,12)13/h2-3H,1H2/b3-2+. The first-order valence-electron chi connectivity index (χ1n) is 2.85. The molecule has 0 saturated heterocycles. The van der Waals surface area contributed by atoms with Crippen molar-refractivity contribution in [1.82, 2.24) is 0 Å². The molecule has 0 aromatic rings. The van der Waals surface area contributed by atoms with Crippen molar-refractivity contribution in [2.45, 2.75) is 18.0 Å². The van der Waals surface area contributed by atoms with Crippen LogP contribution in [0.3, 0.4) is 0 Å². The fourth-order valence-corrected chi connectivity index (χ4v) is 0.512. The van der Waals surface area contributed by atoms with E-state index in [2.05, 4.69) is 6.92 Å². The van der Waals surface area contributed by atoms with Gasteiger partial charge in [0.1, 0.15) is 0 Å². The third-order valence-corrected chi connectivity index (χ3v) is 1.17. The molecule has 0 spiro atoms. The van der Waals surface area contributed by atoms with E-state index in [0.29, 0.717) is 0 Å². The van der Waals surface area contributed by atoms with Crippen molar-refractivity contribution in [3.05, 3.63) is 19.1 Å². The third-order valence-electron chi connectivity index (χ3n) is 1.17. The van der Waals surface area contributed by atoms with Gasteiger partial charge in [0.2, 0.25) is 0 Å². The summed E-state index contributed by atoms with van der Waals surface area (Å²) in [5.41, 5.74) is -5.32. The van der Waals surface area contributed by atoms with Crippen LogP contribution in [-0.2, 0) is 0 Å². The van der Waals surface area contributed by atoms with Crippen molar-refractivity contribution >= 4 is 0 Å². The average molecular weight is 209 g/mol. The number of hydrogen-bond donors (Lipinski definition) is 0. The van der Waals surface area contributed by atoms with Crippen LogP contribution in [0, 0.1) is 6.92 Å². The van der Waals surface area contributed by atoms with Crippen LogP contribution in [0.15, 0.2) is 12.2 Å². The normalized spacial score (nSPS) is 15.4. The van der Waals surface area contributed by atoms with E-state index in [-0.39, 0.29) is 6.08 Å². The molecule has 0 nitrogen and oxygen atoms in total. The van der Waals surface area contributed by atoms with Gasteiger partial charge in [-0.15, -0.1) is 0 Å². The molecule has 0 N–H and O–H groups in total. The Morgan fingerprint density at radius 3 is 1.15 bits per heavy atom. The van der Waals surface area contributed by atoms with E-state index in [0.717, 1.165) is 0 Å². The van der Waals surface area contributed by atoms with Crippen LogP contribution in [0.4, 0.5) is 30.7 Å². The summed E-state index contributed by atoms with van der Waals surface area (Å²) in [6.07, 6.45) is -12.6. The summed E-state index contributed by atoms with van der Waals surface area (Å²) in [4.78, 5) is 0. The van der Waals surface area contributed by atoms with Gasteiger partial charge in [-0.25, -0.2) is 4.39 Å². The fourth-order valence-electron chi connectivity index (χ4n) is 0.512. The number of hydrogen-bond acceptors (Lipinski definition) is 0. The van der Waals surface area contributed by atoms with Gasteiger partial charge < -0.3 is 0 Å². The highest BCUT2D eigenvalue weighted by Gasteiger charge is 2.70. The summed E-state index contributed by atoms with van der Waals surface area (Å²) >= 11 is 0. The molecule has 0 bridgehead atoms. The molecule has 0 unspecified atom stereocenters. The molecule has 0 heterocycles. The number of allylic oxidation sites excluding steroid dienone is 2. The number of halogens is 7. The monoisotopic (exact) mass is 209 g/mol. The van der Waals surface area contributed by atoms with Gasteiger partial charge in [0.15, 0.2) is 0 Å². The van der Waals surface area contributed by atoms with Crippen molar-refractivity contribution in [3.63, 3.8) is 0 Å². The van der Waals surface area contributed by atoms with E-state index in [1.54, 1.807) is 0 Å². The summed E-state index contributed by atoms with van der Waals surface area (Å²) in [6, 6.07) is 0. The van der Waals surface area contributed by atoms with Gasteiger partial charge >= 0.3 is 18.0 Å². The van der Waals surface area contributed by atoms with Gasteiger partial charge in [0.05, 0.1) is 0 Å². The zero-order chi connectivity index (χ0) is 10.9. The predicted molar refractivity (Wildman–Crippen MR) is 30.4 cm³/mol. The van der Waals surface area contributed by atoms with E-state index in [9.17, 15) is 30.7 Å². The van der Waals surface area contributed by atoms with Crippen molar-refractivity contribution in [2.24, 2.45) is 0 Å². The van der Waals surface area contributed by atoms with E-state index < -0.39 is 24.1 Å². The summed E-state index contributed by atoms with van der Waals surface area (Å²) in [5.74, 6) is 0. The van der Waals surface area contributed by atoms with Crippen LogP contribution in [0.1, 0.15) is 0 Å². The Balaban J connectivity index is 5.21. The Bertz CT molecular complexity index is 182. The minimum Gasteiger partial charge on any atom is -0.219 e. The van der Waals surface area contributed by atoms with Gasteiger partial charge in [-0.3, -0.25) is 0 Å². The van der Waals surface area contributed by atoms with Crippen LogP contribution >= 0.6 is 0 Å². The molecule has 7 heteroatoms. The summed E-state index contributed by atoms with van der Waals surface area (Å²) < 4.78 is 82.1. The Kier molecular flexibility index (Phi) is 3.01. The maximum absolute atomic E-state index is 12.4. The van der Waals surface area contributed by atoms with Gasteiger partial charge in [-0.1, -0.05) is 6.08 Å². The summed E-state index contributed by atoms with van der Waals surface area (Å²) in [7, 11) is 0. The third kappa shape index (κ3) is 2.13. The van der Waals surface area contributed by atoms with E-state index in [1.807, 2.05) is 0 Å². The van der Waals surface area contributed by atoms with Crippen LogP contribution < -0.4 is 0 Å². The first kappa shape index (κ1) is 12.2. The SMILES string of the molecule is [CH2]/C=C/C(F)(C(F)(F)F)C(F)(F)F. The summed E-state index contributed by atoms with van der Waals surface area (Å²) in [5, 5.41) is 0. The second-order valence-electron chi connectivity index (χ2n) is 2.11. The average Bonchev–Trinajstić information content (AvgIpc) is 1.82. The second-order valence-corrected chi connectivity index (χ2v) is 2.11. The molecule has 0 saturated carbocycles. The highest BCUT2D eigenvalue weighted by Crippen LogP contribution is 2.46. The molecule has 0 amide bonds. The molecule has 0 atom stereocenters. The Morgan fingerprint density at radius 1 is 0.769 bits per heavy atom. The van der Waals surface area contributed by atoms with E-state index in [4.69, 9.17) is 0 Å². The largest absolute Gasteiger partial charge is 0.435 e. The quantitative estimate of drug-likeness (QED) is 0.581. The Hall–Kier alpha value is -0.750. The van der Waals surface area contributed by atoms with E-state index >= 15 is 0 Å². The van der Waals surface area contributed by atoms with Crippen LogP contribution in [-0.4, -0.2) is 18.0 Å². The van der Waals surface area contributed by atoms with Crippen molar-refractivity contribution in [1.29, 1.82) is 0 Å². The highest BCUT2D eigenvalue weighted by molar-refractivity contribution is 5.11. The second kappa shape index (κ2) is 3.19. The number of alkyl halides is 7. The molecule has 77 valence electrons. The molecule has 0 rings (SSSR count). The maximum Gasteiger partial charge on any atom is 0.435 e. The Morgan fingerprint density at radius 2 is 1.08 bits per heavy atom. The molecule has 1 radical (unpaired) electrons. The smallest absolute Gasteiger partial charge is 0.219 e. The lowest BCUT2D eigenvalue weighted by molar-refractivity contribution is -0.322. The van der Waals surface area contributed by atoms with Crippen molar-refractivity contribution < 1.29 is 30.7 Å². The first-order chi connectivity index (χ1) is 5.56. The van der Waals surface area contributed by atoms with Crippen LogP contribution in [0.25, 0.3) is 0 Å². The zero-order valence-corrected chi connectivity index (χ0v) is 6.01. The molecule has 0 aromatic carbocycles. The topological polar surface area (TPSA) is 0 Å². The molecule has 0 aliphatic rings. The van der Waals surface area contributed by atoms with Gasteiger partial charge in [-0.2, -0.15) is 26.3 Å².